The molecule has 0 spiro atoms. The fraction of sp³-hybridized carbons (Fsp3) is 0.577. The van der Waals surface area contributed by atoms with E-state index in [1.807, 2.05) is 51.1 Å². The van der Waals surface area contributed by atoms with Gasteiger partial charge in [0.2, 0.25) is 5.91 Å². The molecule has 0 saturated heterocycles. The molecule has 2 heterocycles. The molecule has 32 heavy (non-hydrogen) atoms. The van der Waals surface area contributed by atoms with Crippen LogP contribution in [0.15, 0.2) is 30.3 Å². The zero-order valence-corrected chi connectivity index (χ0v) is 19.9. The van der Waals surface area contributed by atoms with Crippen LogP contribution in [-0.2, 0) is 17.9 Å². The number of Topliss-reactive ketones (excluding diaryl/α,β-unsaturated/α-hetero) is 1. The number of hydrogen-bond donors (Lipinski definition) is 1. The molecular weight excluding hydrogens is 400 g/mol. The smallest absolute Gasteiger partial charge is 0.224 e. The van der Waals surface area contributed by atoms with Crippen molar-refractivity contribution in [3.8, 4) is 11.4 Å². The van der Waals surface area contributed by atoms with Crippen LogP contribution in [0.3, 0.4) is 0 Å². The summed E-state index contributed by atoms with van der Waals surface area (Å²) in [6, 6.07) is 10.4. The summed E-state index contributed by atoms with van der Waals surface area (Å²) in [5.41, 5.74) is 2.22. The third-order valence-corrected chi connectivity index (χ3v) is 6.91. The topological polar surface area (TPSA) is 67.2 Å². The Morgan fingerprint density at radius 3 is 2.47 bits per heavy atom. The fourth-order valence-electron chi connectivity index (χ4n) is 4.68. The molecule has 6 nitrogen and oxygen atoms in total. The Bertz CT molecular complexity index is 970. The summed E-state index contributed by atoms with van der Waals surface area (Å²) in [5.74, 6) is 0.443. The first-order valence-electron chi connectivity index (χ1n) is 11.9. The van der Waals surface area contributed by atoms with Gasteiger partial charge in [0.25, 0.3) is 0 Å². The zero-order valence-electron chi connectivity index (χ0n) is 19.9. The molecule has 2 aliphatic rings. The Morgan fingerprint density at radius 1 is 1.12 bits per heavy atom. The molecule has 1 saturated carbocycles. The molecule has 2 aromatic rings. The third-order valence-electron chi connectivity index (χ3n) is 6.91. The van der Waals surface area contributed by atoms with Crippen molar-refractivity contribution in [2.45, 2.75) is 72.0 Å². The molecule has 0 bridgehead atoms. The number of amides is 1. The van der Waals surface area contributed by atoms with Crippen LogP contribution in [0.25, 0.3) is 11.4 Å². The molecule has 4 rings (SSSR count). The predicted molar refractivity (Wildman–Crippen MR) is 126 cm³/mol. The molecular formula is C26H36N4O2. The maximum atomic E-state index is 13.6. The average molecular weight is 437 g/mol. The van der Waals surface area contributed by atoms with E-state index in [0.29, 0.717) is 12.2 Å². The standard InChI is InChI=1S/C26H36N4O2/c1-26(2,3)20(25(32)27-19-12-8-13-19)16-22(31)23-21-17-29(4)14-9-15-30(21)24(28-23)18-10-6-5-7-11-18/h5-7,10-11,19-20H,8-9,12-17H2,1-4H3,(H,27,32)/t20-/m1/s1. The summed E-state index contributed by atoms with van der Waals surface area (Å²) in [6.45, 7) is 8.65. The Morgan fingerprint density at radius 2 is 1.84 bits per heavy atom. The second kappa shape index (κ2) is 9.18. The van der Waals surface area contributed by atoms with Crippen molar-refractivity contribution >= 4 is 11.7 Å². The van der Waals surface area contributed by atoms with Gasteiger partial charge in [-0.15, -0.1) is 0 Å². The molecule has 1 amide bonds. The van der Waals surface area contributed by atoms with Gasteiger partial charge in [0.05, 0.1) is 11.6 Å². The second-order valence-corrected chi connectivity index (χ2v) is 10.5. The van der Waals surface area contributed by atoms with Crippen molar-refractivity contribution in [1.82, 2.24) is 19.8 Å². The first kappa shape index (κ1) is 22.7. The van der Waals surface area contributed by atoms with Gasteiger partial charge in [0.1, 0.15) is 11.5 Å². The number of nitrogens with one attached hydrogen (secondary N) is 1. The van der Waals surface area contributed by atoms with Gasteiger partial charge in [-0.3, -0.25) is 9.59 Å². The maximum absolute atomic E-state index is 13.6. The van der Waals surface area contributed by atoms with E-state index in [2.05, 4.69) is 21.8 Å². The number of carbonyl (C=O) groups excluding carboxylic acids is 2. The van der Waals surface area contributed by atoms with Crippen LogP contribution >= 0.6 is 0 Å². The molecule has 1 aliphatic heterocycles. The lowest BCUT2D eigenvalue weighted by molar-refractivity contribution is -0.129. The van der Waals surface area contributed by atoms with E-state index >= 15 is 0 Å². The van der Waals surface area contributed by atoms with Crippen LogP contribution in [0.2, 0.25) is 0 Å². The monoisotopic (exact) mass is 436 g/mol. The first-order chi connectivity index (χ1) is 15.2. The van der Waals surface area contributed by atoms with Crippen LogP contribution in [0, 0.1) is 11.3 Å². The molecule has 0 unspecified atom stereocenters. The van der Waals surface area contributed by atoms with Crippen LogP contribution in [-0.4, -0.2) is 45.8 Å². The second-order valence-electron chi connectivity index (χ2n) is 10.5. The number of rotatable bonds is 6. The number of nitrogens with zero attached hydrogens (tertiary/aromatic N) is 3. The van der Waals surface area contributed by atoms with Crippen molar-refractivity contribution in [3.05, 3.63) is 41.7 Å². The van der Waals surface area contributed by atoms with E-state index in [1.54, 1.807) is 0 Å². The highest BCUT2D eigenvalue weighted by atomic mass is 16.2. The van der Waals surface area contributed by atoms with Gasteiger partial charge in [0.15, 0.2) is 5.78 Å². The summed E-state index contributed by atoms with van der Waals surface area (Å²) in [5, 5.41) is 3.17. The number of carbonyl (C=O) groups is 2. The van der Waals surface area contributed by atoms with Crippen molar-refractivity contribution in [3.63, 3.8) is 0 Å². The van der Waals surface area contributed by atoms with E-state index in [4.69, 9.17) is 4.98 Å². The average Bonchev–Trinajstić information content (AvgIpc) is 2.95. The quantitative estimate of drug-likeness (QED) is 0.686. The van der Waals surface area contributed by atoms with Crippen LogP contribution in [0.4, 0.5) is 0 Å². The number of hydrogen-bond acceptors (Lipinski definition) is 4. The lowest BCUT2D eigenvalue weighted by Crippen LogP contribution is -2.46. The lowest BCUT2D eigenvalue weighted by atomic mass is 9.76. The molecule has 1 aromatic heterocycles. The molecule has 1 atom stereocenters. The molecule has 1 N–H and O–H groups in total. The summed E-state index contributed by atoms with van der Waals surface area (Å²) in [4.78, 5) is 33.8. The zero-order chi connectivity index (χ0) is 22.9. The number of imidazole rings is 1. The first-order valence-corrected chi connectivity index (χ1v) is 11.9. The maximum Gasteiger partial charge on any atom is 0.224 e. The minimum atomic E-state index is -0.378. The van der Waals surface area contributed by atoms with Gasteiger partial charge in [-0.2, -0.15) is 0 Å². The van der Waals surface area contributed by atoms with E-state index in [1.165, 1.54) is 6.42 Å². The van der Waals surface area contributed by atoms with Crippen LogP contribution < -0.4 is 5.32 Å². The Hall–Kier alpha value is -2.47. The minimum absolute atomic E-state index is 0.00116. The summed E-state index contributed by atoms with van der Waals surface area (Å²) in [6.07, 6.45) is 4.45. The van der Waals surface area contributed by atoms with Gasteiger partial charge < -0.3 is 14.8 Å². The van der Waals surface area contributed by atoms with Gasteiger partial charge in [-0.1, -0.05) is 51.1 Å². The SMILES string of the molecule is CN1CCCn2c(-c3ccccc3)nc(C(=O)C[C@H](C(=O)NC3CCC3)C(C)(C)C)c2C1. The molecule has 6 heteroatoms. The van der Waals surface area contributed by atoms with Gasteiger partial charge in [-0.25, -0.2) is 4.98 Å². The van der Waals surface area contributed by atoms with Gasteiger partial charge in [0, 0.05) is 31.1 Å². The van der Waals surface area contributed by atoms with E-state index in [0.717, 1.165) is 49.4 Å². The van der Waals surface area contributed by atoms with E-state index < -0.39 is 0 Å². The molecule has 1 fully saturated rings. The molecule has 1 aromatic carbocycles. The third kappa shape index (κ3) is 4.80. The van der Waals surface area contributed by atoms with Crippen LogP contribution in [0.1, 0.15) is 69.1 Å². The van der Waals surface area contributed by atoms with Gasteiger partial charge >= 0.3 is 0 Å². The lowest BCUT2D eigenvalue weighted by Gasteiger charge is -2.33. The highest BCUT2D eigenvalue weighted by molar-refractivity contribution is 5.99. The molecule has 1 aliphatic carbocycles. The normalized spacial score (nSPS) is 18.4. The fourth-order valence-corrected chi connectivity index (χ4v) is 4.68. The Balaban J connectivity index is 1.66. The van der Waals surface area contributed by atoms with Crippen molar-refractivity contribution in [2.75, 3.05) is 13.6 Å². The van der Waals surface area contributed by atoms with E-state index in [9.17, 15) is 9.59 Å². The predicted octanol–water partition coefficient (Wildman–Crippen LogP) is 4.29. The largest absolute Gasteiger partial charge is 0.353 e. The van der Waals surface area contributed by atoms with Crippen molar-refractivity contribution in [1.29, 1.82) is 0 Å². The van der Waals surface area contributed by atoms with E-state index in [-0.39, 0.29) is 35.5 Å². The van der Waals surface area contributed by atoms with Gasteiger partial charge in [-0.05, 0) is 44.7 Å². The molecule has 0 radical (unpaired) electrons. The van der Waals surface area contributed by atoms with Crippen molar-refractivity contribution in [2.24, 2.45) is 11.3 Å². The Labute approximate surface area is 191 Å². The number of benzene rings is 1. The van der Waals surface area contributed by atoms with Crippen LogP contribution in [0.5, 0.6) is 0 Å². The number of aromatic nitrogens is 2. The minimum Gasteiger partial charge on any atom is -0.353 e. The molecule has 172 valence electrons. The highest BCUT2D eigenvalue weighted by Crippen LogP contribution is 2.33. The summed E-state index contributed by atoms with van der Waals surface area (Å²) < 4.78 is 2.21. The number of fused-ring (bicyclic) bond motifs is 1. The highest BCUT2D eigenvalue weighted by Gasteiger charge is 2.37. The summed E-state index contributed by atoms with van der Waals surface area (Å²) in [7, 11) is 2.09. The van der Waals surface area contributed by atoms with Crippen molar-refractivity contribution < 1.29 is 9.59 Å². The summed E-state index contributed by atoms with van der Waals surface area (Å²) >= 11 is 0. The Kier molecular flexibility index (Phi) is 6.52. The number of ketones is 1.